The van der Waals surface area contributed by atoms with Crippen molar-refractivity contribution in [3.63, 3.8) is 0 Å². The quantitative estimate of drug-likeness (QED) is 0.104. The Morgan fingerprint density at radius 2 is 1.21 bits per heavy atom. The fourth-order valence-corrected chi connectivity index (χ4v) is 3.65. The number of rotatable bonds is 10. The maximum Gasteiger partial charge on any atom is 0.397 e. The van der Waals surface area contributed by atoms with E-state index < -0.39 is 95.4 Å². The molecule has 33 heavy (non-hydrogen) atoms. The zero-order valence-corrected chi connectivity index (χ0v) is 18.1. The first-order valence-corrected chi connectivity index (χ1v) is 11.7. The van der Waals surface area contributed by atoms with Gasteiger partial charge in [0.05, 0.1) is 19.5 Å². The topological polar surface area (TPSA) is 265 Å². The third-order valence-corrected chi connectivity index (χ3v) is 5.46. The molecule has 2 aliphatic heterocycles. The van der Waals surface area contributed by atoms with Crippen molar-refractivity contribution in [2.24, 2.45) is 0 Å². The summed E-state index contributed by atoms with van der Waals surface area (Å²) in [7, 11) is -9.96. The Kier molecular flexibility index (Phi) is 9.51. The van der Waals surface area contributed by atoms with Gasteiger partial charge in [0.15, 0.2) is 6.29 Å². The van der Waals surface area contributed by atoms with Gasteiger partial charge in [0.1, 0.15) is 48.8 Å². The van der Waals surface area contributed by atoms with Crippen LogP contribution in [0.3, 0.4) is 0 Å². The minimum absolute atomic E-state index is 0.841. The zero-order valence-electron chi connectivity index (χ0n) is 16.5. The van der Waals surface area contributed by atoms with Crippen molar-refractivity contribution < 1.29 is 78.8 Å². The molecule has 2 aliphatic rings. The van der Waals surface area contributed by atoms with Gasteiger partial charge < -0.3 is 44.5 Å². The minimum Gasteiger partial charge on any atom is -0.470 e. The average molecular weight is 528 g/mol. The summed E-state index contributed by atoms with van der Waals surface area (Å²) in [6, 6.07) is 0. The summed E-state index contributed by atoms with van der Waals surface area (Å²) < 4.78 is 89.7. The van der Waals surface area contributed by atoms with Crippen LogP contribution in [0.15, 0.2) is 12.8 Å². The Hall–Kier alpha value is -1.04. The largest absolute Gasteiger partial charge is 0.470 e. The Morgan fingerprint density at radius 1 is 0.727 bits per heavy atom. The van der Waals surface area contributed by atoms with E-state index in [4.69, 9.17) is 28.1 Å². The van der Waals surface area contributed by atoms with E-state index in [0.717, 1.165) is 6.26 Å². The third-order valence-electron chi connectivity index (χ3n) is 4.59. The molecule has 2 saturated heterocycles. The summed E-state index contributed by atoms with van der Waals surface area (Å²) in [5.41, 5.74) is 0. The number of hydrogen-bond donors (Lipinski definition) is 7. The summed E-state index contributed by atoms with van der Waals surface area (Å²) in [5, 5.41) is 50.7. The Balaban J connectivity index is 2.23. The van der Waals surface area contributed by atoms with E-state index in [0.29, 0.717) is 0 Å². The Labute approximate surface area is 187 Å². The van der Waals surface area contributed by atoms with Gasteiger partial charge in [-0.3, -0.25) is 9.11 Å². The highest BCUT2D eigenvalue weighted by Gasteiger charge is 2.51. The first kappa shape index (κ1) is 28.2. The van der Waals surface area contributed by atoms with Crippen molar-refractivity contribution in [3.05, 3.63) is 12.8 Å². The molecule has 0 bridgehead atoms. The molecule has 0 unspecified atom stereocenters. The average Bonchev–Trinajstić information content (AvgIpc) is 2.70. The molecular weight excluding hydrogens is 504 g/mol. The van der Waals surface area contributed by atoms with Gasteiger partial charge in [-0.1, -0.05) is 6.58 Å². The molecule has 0 aromatic rings. The van der Waals surface area contributed by atoms with Crippen molar-refractivity contribution in [2.45, 2.75) is 61.4 Å². The van der Waals surface area contributed by atoms with E-state index in [-0.39, 0.29) is 0 Å². The van der Waals surface area contributed by atoms with Gasteiger partial charge in [0.2, 0.25) is 6.29 Å². The lowest BCUT2D eigenvalue weighted by molar-refractivity contribution is -0.354. The van der Waals surface area contributed by atoms with Gasteiger partial charge in [-0.05, 0) is 0 Å². The van der Waals surface area contributed by atoms with Crippen LogP contribution in [-0.2, 0) is 48.1 Å². The van der Waals surface area contributed by atoms with E-state index in [1.54, 1.807) is 0 Å². The van der Waals surface area contributed by atoms with Gasteiger partial charge >= 0.3 is 20.8 Å². The van der Waals surface area contributed by atoms with E-state index in [1.807, 2.05) is 0 Å². The highest BCUT2D eigenvalue weighted by molar-refractivity contribution is 7.81. The molecule has 0 aromatic carbocycles. The second-order valence-corrected chi connectivity index (χ2v) is 9.05. The van der Waals surface area contributed by atoms with E-state index in [2.05, 4.69) is 14.9 Å². The van der Waals surface area contributed by atoms with Crippen LogP contribution in [0.5, 0.6) is 0 Å². The molecule has 0 spiro atoms. The summed E-state index contributed by atoms with van der Waals surface area (Å²) in [6.07, 6.45) is -17.4. The lowest BCUT2D eigenvalue weighted by Gasteiger charge is -2.45. The Bertz CT molecular complexity index is 861. The molecule has 19 heteroatoms. The number of aliphatic hydroxyl groups excluding tert-OH is 5. The monoisotopic (exact) mass is 528 g/mol. The van der Waals surface area contributed by atoms with Crippen LogP contribution >= 0.6 is 0 Å². The first-order valence-electron chi connectivity index (χ1n) is 9.01. The normalized spacial score (nSPS) is 40.3. The fraction of sp³-hybridized carbons (Fsp3) is 0.857. The summed E-state index contributed by atoms with van der Waals surface area (Å²) >= 11 is 0. The maximum atomic E-state index is 10.9. The second kappa shape index (κ2) is 11.1. The van der Waals surface area contributed by atoms with Crippen molar-refractivity contribution in [1.82, 2.24) is 0 Å². The highest BCUT2D eigenvalue weighted by atomic mass is 32.3. The standard InChI is InChI=1S/C14H24O17S2/c1-2-26-13-11(19)9(17)12(6(30-13)4-28-33(23,24)25)31-14-10(18)8(16)7(15)5(29-14)3-27-32(20,21)22/h2,5-19H,1,3-4H2,(H,20,21,22)(H,23,24,25)/t5-,6-,7+,8+,9-,10-,11-,12-,13-,14+/m1/s1. The molecule has 10 atom stereocenters. The van der Waals surface area contributed by atoms with Crippen LogP contribution in [0.25, 0.3) is 0 Å². The highest BCUT2D eigenvalue weighted by Crippen LogP contribution is 2.30. The molecule has 194 valence electrons. The summed E-state index contributed by atoms with van der Waals surface area (Å²) in [6.45, 7) is 1.22. The van der Waals surface area contributed by atoms with E-state index in [9.17, 15) is 42.4 Å². The predicted octanol–water partition coefficient (Wildman–Crippen LogP) is -4.58. The fourth-order valence-electron chi connectivity index (χ4n) is 3.04. The van der Waals surface area contributed by atoms with Crippen molar-refractivity contribution >= 4 is 20.8 Å². The molecular formula is C14H24O17S2. The summed E-state index contributed by atoms with van der Waals surface area (Å²) in [4.78, 5) is 0. The molecule has 2 fully saturated rings. The van der Waals surface area contributed by atoms with Crippen LogP contribution in [0, 0.1) is 0 Å². The second-order valence-electron chi connectivity index (χ2n) is 6.87. The van der Waals surface area contributed by atoms with Crippen molar-refractivity contribution in [2.75, 3.05) is 13.2 Å². The molecule has 0 radical (unpaired) electrons. The lowest BCUT2D eigenvalue weighted by atomic mass is 9.97. The van der Waals surface area contributed by atoms with Gasteiger partial charge in [-0.2, -0.15) is 16.8 Å². The predicted molar refractivity (Wildman–Crippen MR) is 98.5 cm³/mol. The minimum atomic E-state index is -4.99. The molecule has 7 N–H and O–H groups in total. The zero-order chi connectivity index (χ0) is 25.1. The van der Waals surface area contributed by atoms with Gasteiger partial charge in [0, 0.05) is 0 Å². The van der Waals surface area contributed by atoms with Crippen molar-refractivity contribution in [1.29, 1.82) is 0 Å². The molecule has 0 saturated carbocycles. The molecule has 2 rings (SSSR count). The van der Waals surface area contributed by atoms with Crippen LogP contribution in [0.1, 0.15) is 0 Å². The maximum absolute atomic E-state index is 10.9. The van der Waals surface area contributed by atoms with Crippen LogP contribution in [-0.4, -0.2) is 126 Å². The SMILES string of the molecule is C=CO[C@@H]1O[C@H](COS(=O)(=O)O)[C@@H](O[C@@H]2O[C@H](COS(=O)(=O)O)[C@H](O)[C@H](O)[C@H]2O)[C@H](O)[C@H]1O. The van der Waals surface area contributed by atoms with E-state index >= 15 is 0 Å². The lowest BCUT2D eigenvalue weighted by Crippen LogP contribution is -2.64. The molecule has 0 amide bonds. The first-order chi connectivity index (χ1) is 15.1. The number of aliphatic hydroxyl groups is 5. The molecule has 2 heterocycles. The Morgan fingerprint density at radius 3 is 1.73 bits per heavy atom. The third kappa shape index (κ3) is 7.73. The smallest absolute Gasteiger partial charge is 0.397 e. The van der Waals surface area contributed by atoms with Crippen LogP contribution in [0.4, 0.5) is 0 Å². The van der Waals surface area contributed by atoms with Crippen molar-refractivity contribution in [3.8, 4) is 0 Å². The molecule has 0 aliphatic carbocycles. The molecule has 0 aromatic heterocycles. The van der Waals surface area contributed by atoms with Gasteiger partial charge in [-0.25, -0.2) is 8.37 Å². The van der Waals surface area contributed by atoms with E-state index in [1.165, 1.54) is 0 Å². The van der Waals surface area contributed by atoms with Crippen LogP contribution < -0.4 is 0 Å². The van der Waals surface area contributed by atoms with Crippen LogP contribution in [0.2, 0.25) is 0 Å². The van der Waals surface area contributed by atoms with Gasteiger partial charge in [0.25, 0.3) is 0 Å². The molecule has 17 nitrogen and oxygen atoms in total. The van der Waals surface area contributed by atoms with Gasteiger partial charge in [-0.15, -0.1) is 0 Å². The summed E-state index contributed by atoms with van der Waals surface area (Å²) in [5.74, 6) is 0. The number of ether oxygens (including phenoxy) is 4. The number of hydrogen-bond acceptors (Lipinski definition) is 15.